The zero-order valence-electron chi connectivity index (χ0n) is 13.1. The molecule has 0 spiro atoms. The molecule has 0 saturated carbocycles. The molecule has 1 aromatic carbocycles. The first kappa shape index (κ1) is 15.9. The zero-order valence-corrected chi connectivity index (χ0v) is 13.8. The van der Waals surface area contributed by atoms with E-state index in [1.54, 1.807) is 19.4 Å². The van der Waals surface area contributed by atoms with Crippen LogP contribution in [0.15, 0.2) is 36.5 Å². The van der Waals surface area contributed by atoms with Crippen LogP contribution in [0.25, 0.3) is 0 Å². The highest BCUT2D eigenvalue weighted by Crippen LogP contribution is 2.16. The summed E-state index contributed by atoms with van der Waals surface area (Å²) in [6, 6.07) is 9.79. The Morgan fingerprint density at radius 2 is 1.91 bits per heavy atom. The van der Waals surface area contributed by atoms with Gasteiger partial charge < -0.3 is 14.6 Å². The second-order valence-electron chi connectivity index (χ2n) is 5.65. The summed E-state index contributed by atoms with van der Waals surface area (Å²) in [5, 5.41) is 0.562. The lowest BCUT2D eigenvalue weighted by molar-refractivity contribution is 0.0623. The van der Waals surface area contributed by atoms with Crippen LogP contribution in [0, 0.1) is 0 Å². The fourth-order valence-corrected chi connectivity index (χ4v) is 2.92. The van der Waals surface area contributed by atoms with Gasteiger partial charge in [-0.3, -0.25) is 9.69 Å². The van der Waals surface area contributed by atoms with Gasteiger partial charge in [0.25, 0.3) is 5.91 Å². The number of amides is 1. The predicted molar refractivity (Wildman–Crippen MR) is 90.0 cm³/mol. The molecule has 0 unspecified atom stereocenters. The molecular formula is C17H20ClN3O2. The molecule has 5 nitrogen and oxygen atoms in total. The van der Waals surface area contributed by atoms with Gasteiger partial charge in [-0.05, 0) is 23.8 Å². The highest BCUT2D eigenvalue weighted by atomic mass is 35.5. The lowest BCUT2D eigenvalue weighted by Gasteiger charge is -2.34. The van der Waals surface area contributed by atoms with Gasteiger partial charge in [0.1, 0.15) is 11.4 Å². The number of nitrogens with one attached hydrogen (secondary N) is 1. The van der Waals surface area contributed by atoms with Gasteiger partial charge in [-0.15, -0.1) is 0 Å². The number of carbonyl (C=O) groups is 1. The maximum absolute atomic E-state index is 12.4. The van der Waals surface area contributed by atoms with Gasteiger partial charge >= 0.3 is 0 Å². The summed E-state index contributed by atoms with van der Waals surface area (Å²) in [7, 11) is 1.67. The van der Waals surface area contributed by atoms with Crippen molar-refractivity contribution in [2.24, 2.45) is 0 Å². The number of H-pyrrole nitrogens is 1. The number of halogens is 1. The third-order valence-electron chi connectivity index (χ3n) is 4.10. The molecule has 1 aromatic heterocycles. The van der Waals surface area contributed by atoms with E-state index >= 15 is 0 Å². The maximum Gasteiger partial charge on any atom is 0.270 e. The van der Waals surface area contributed by atoms with Crippen molar-refractivity contribution in [2.75, 3.05) is 33.3 Å². The summed E-state index contributed by atoms with van der Waals surface area (Å²) in [4.78, 5) is 19.5. The average Bonchev–Trinajstić information content (AvgIpc) is 3.02. The summed E-state index contributed by atoms with van der Waals surface area (Å²) in [6.45, 7) is 4.08. The Morgan fingerprint density at radius 1 is 1.22 bits per heavy atom. The molecule has 1 aliphatic heterocycles. The third-order valence-corrected chi connectivity index (χ3v) is 4.32. The Morgan fingerprint density at radius 3 is 2.48 bits per heavy atom. The van der Waals surface area contributed by atoms with E-state index in [-0.39, 0.29) is 5.91 Å². The molecule has 23 heavy (non-hydrogen) atoms. The quantitative estimate of drug-likeness (QED) is 0.935. The maximum atomic E-state index is 12.4. The summed E-state index contributed by atoms with van der Waals surface area (Å²) in [5.74, 6) is 0.884. The molecular weight excluding hydrogens is 314 g/mol. The second kappa shape index (κ2) is 7.06. The van der Waals surface area contributed by atoms with Crippen molar-refractivity contribution in [3.05, 3.63) is 52.8 Å². The van der Waals surface area contributed by atoms with Crippen LogP contribution in [-0.2, 0) is 6.54 Å². The molecule has 0 aliphatic carbocycles. The van der Waals surface area contributed by atoms with Crippen molar-refractivity contribution in [2.45, 2.75) is 6.54 Å². The number of methoxy groups -OCH3 is 1. The largest absolute Gasteiger partial charge is 0.497 e. The molecule has 2 aromatic rings. The summed E-state index contributed by atoms with van der Waals surface area (Å²) in [6.07, 6.45) is 1.63. The van der Waals surface area contributed by atoms with Crippen LogP contribution >= 0.6 is 11.6 Å². The van der Waals surface area contributed by atoms with E-state index in [1.807, 2.05) is 17.0 Å². The van der Waals surface area contributed by atoms with E-state index in [1.165, 1.54) is 5.56 Å². The number of hydrogen-bond donors (Lipinski definition) is 1. The molecule has 1 saturated heterocycles. The highest BCUT2D eigenvalue weighted by molar-refractivity contribution is 6.30. The van der Waals surface area contributed by atoms with Crippen LogP contribution in [0.2, 0.25) is 5.02 Å². The number of aromatic nitrogens is 1. The van der Waals surface area contributed by atoms with E-state index in [0.29, 0.717) is 10.7 Å². The van der Waals surface area contributed by atoms with Crippen LogP contribution in [0.3, 0.4) is 0 Å². The van der Waals surface area contributed by atoms with Crippen molar-refractivity contribution in [3.8, 4) is 5.75 Å². The van der Waals surface area contributed by atoms with Gasteiger partial charge in [-0.1, -0.05) is 23.7 Å². The molecule has 1 aliphatic rings. The number of rotatable bonds is 4. The lowest BCUT2D eigenvalue weighted by Crippen LogP contribution is -2.48. The topological polar surface area (TPSA) is 48.6 Å². The van der Waals surface area contributed by atoms with Crippen molar-refractivity contribution in [3.63, 3.8) is 0 Å². The van der Waals surface area contributed by atoms with Crippen LogP contribution in [-0.4, -0.2) is 54.0 Å². The Hall–Kier alpha value is -1.98. The Labute approximate surface area is 140 Å². The van der Waals surface area contributed by atoms with E-state index < -0.39 is 0 Å². The summed E-state index contributed by atoms with van der Waals surface area (Å²) < 4.78 is 5.17. The second-order valence-corrected chi connectivity index (χ2v) is 6.08. The van der Waals surface area contributed by atoms with Crippen molar-refractivity contribution >= 4 is 17.5 Å². The number of ether oxygens (including phenoxy) is 1. The number of nitrogens with zero attached hydrogens (tertiary/aromatic N) is 2. The van der Waals surface area contributed by atoms with Crippen molar-refractivity contribution in [1.29, 1.82) is 0 Å². The highest BCUT2D eigenvalue weighted by Gasteiger charge is 2.23. The van der Waals surface area contributed by atoms with Crippen LogP contribution in [0.4, 0.5) is 0 Å². The molecule has 122 valence electrons. The van der Waals surface area contributed by atoms with E-state index in [2.05, 4.69) is 22.0 Å². The van der Waals surface area contributed by atoms with Crippen LogP contribution in [0.5, 0.6) is 5.75 Å². The Bertz CT molecular complexity index is 661. The van der Waals surface area contributed by atoms with E-state index in [0.717, 1.165) is 38.5 Å². The molecule has 6 heteroatoms. The number of hydrogen-bond acceptors (Lipinski definition) is 3. The van der Waals surface area contributed by atoms with E-state index in [4.69, 9.17) is 16.3 Å². The fraction of sp³-hybridized carbons (Fsp3) is 0.353. The third kappa shape index (κ3) is 3.86. The molecule has 0 atom stereocenters. The molecule has 1 amide bonds. The Balaban J connectivity index is 1.52. The molecule has 1 fully saturated rings. The number of benzene rings is 1. The van der Waals surface area contributed by atoms with Gasteiger partial charge in [0.15, 0.2) is 0 Å². The van der Waals surface area contributed by atoms with Crippen LogP contribution in [0.1, 0.15) is 16.1 Å². The van der Waals surface area contributed by atoms with Crippen molar-refractivity contribution < 1.29 is 9.53 Å². The first-order chi connectivity index (χ1) is 11.2. The number of carbonyl (C=O) groups excluding carboxylic acids is 1. The molecule has 0 bridgehead atoms. The zero-order chi connectivity index (χ0) is 16.2. The molecule has 3 rings (SSSR count). The van der Waals surface area contributed by atoms with Gasteiger partial charge in [0.2, 0.25) is 0 Å². The average molecular weight is 334 g/mol. The minimum Gasteiger partial charge on any atom is -0.497 e. The summed E-state index contributed by atoms with van der Waals surface area (Å²) >= 11 is 5.86. The predicted octanol–water partition coefficient (Wildman–Crippen LogP) is 2.63. The smallest absolute Gasteiger partial charge is 0.270 e. The Kier molecular flexibility index (Phi) is 4.88. The normalized spacial score (nSPS) is 15.7. The standard InChI is InChI=1S/C17H20ClN3O2/c1-23-15-4-2-13(3-5-15)12-20-6-8-21(9-7-20)17(22)16-10-14(18)11-19-16/h2-5,10-11,19H,6-9,12H2,1H3. The summed E-state index contributed by atoms with van der Waals surface area (Å²) in [5.41, 5.74) is 1.81. The SMILES string of the molecule is COc1ccc(CN2CCN(C(=O)c3cc(Cl)c[nH]3)CC2)cc1. The molecule has 2 heterocycles. The van der Waals surface area contributed by atoms with Crippen LogP contribution < -0.4 is 4.74 Å². The van der Waals surface area contributed by atoms with Gasteiger partial charge in [0.05, 0.1) is 12.1 Å². The van der Waals surface area contributed by atoms with Gasteiger partial charge in [0, 0.05) is 38.9 Å². The minimum absolute atomic E-state index is 0.0148. The fourth-order valence-electron chi connectivity index (χ4n) is 2.76. The minimum atomic E-state index is 0.0148. The number of piperazine rings is 1. The van der Waals surface area contributed by atoms with E-state index in [9.17, 15) is 4.79 Å². The lowest BCUT2D eigenvalue weighted by atomic mass is 10.2. The first-order valence-corrected chi connectivity index (χ1v) is 8.02. The van der Waals surface area contributed by atoms with Crippen molar-refractivity contribution in [1.82, 2.24) is 14.8 Å². The number of aromatic amines is 1. The van der Waals surface area contributed by atoms with Gasteiger partial charge in [-0.25, -0.2) is 0 Å². The molecule has 1 N–H and O–H groups in total. The van der Waals surface area contributed by atoms with Gasteiger partial charge in [-0.2, -0.15) is 0 Å². The monoisotopic (exact) mass is 333 g/mol. The molecule has 0 radical (unpaired) electrons. The first-order valence-electron chi connectivity index (χ1n) is 7.64.